The topological polar surface area (TPSA) is 40.6 Å². The average Bonchev–Trinajstić information content (AvgIpc) is 4.04. The van der Waals surface area contributed by atoms with E-state index in [-0.39, 0.29) is 0 Å². The molecular weight excluding hydrogens is 719 g/mol. The Morgan fingerprint density at radius 3 is 1.76 bits per heavy atom. The predicted octanol–water partition coefficient (Wildman–Crippen LogP) is 13.6. The minimum absolute atomic E-state index is 0.678. The van der Waals surface area contributed by atoms with Gasteiger partial charge in [0.2, 0.25) is 0 Å². The molecule has 12 rings (SSSR count). The molecule has 0 aliphatic carbocycles. The van der Waals surface area contributed by atoms with Crippen molar-refractivity contribution < 1.29 is 0 Å². The van der Waals surface area contributed by atoms with Gasteiger partial charge in [0.25, 0.3) is 0 Å². The lowest BCUT2D eigenvalue weighted by Gasteiger charge is -2.12. The molecule has 5 heteroatoms. The molecule has 0 N–H and O–H groups in total. The fourth-order valence-corrected chi connectivity index (χ4v) is 8.96. The first-order chi connectivity index (χ1) is 29.3. The standard InChI is InChI=1S/C54H35N5/c1-3-14-40(15-4-1)57-34-32-47-49(57)31-30-46-45-19-9-10-21-50(45)59(52(46)47)42-28-26-39(27-29-42)53-55-51(48-33-35-58(54(48)56-53)41-16-5-2-6-17-41)38-24-22-37(23-25-38)44-20-11-13-36-12-7-8-18-43(36)44/h1-35H. The largest absolute Gasteiger partial charge is 0.316 e. The Bertz CT molecular complexity index is 3510. The van der Waals surface area contributed by atoms with Gasteiger partial charge in [0.05, 0.1) is 22.2 Å². The third kappa shape index (κ3) is 5.33. The molecule has 5 nitrogen and oxygen atoms in total. The van der Waals surface area contributed by atoms with Crippen molar-refractivity contribution >= 4 is 54.5 Å². The molecule has 0 saturated carbocycles. The van der Waals surface area contributed by atoms with E-state index in [0.717, 1.165) is 44.9 Å². The van der Waals surface area contributed by atoms with Crippen molar-refractivity contribution in [3.8, 4) is 50.8 Å². The van der Waals surface area contributed by atoms with E-state index in [0.29, 0.717) is 5.82 Å². The maximum atomic E-state index is 5.33. The van der Waals surface area contributed by atoms with E-state index in [4.69, 9.17) is 9.97 Å². The van der Waals surface area contributed by atoms with Gasteiger partial charge in [-0.1, -0.05) is 127 Å². The summed E-state index contributed by atoms with van der Waals surface area (Å²) < 4.78 is 6.83. The number of rotatable bonds is 6. The van der Waals surface area contributed by atoms with E-state index in [1.165, 1.54) is 54.6 Å². The van der Waals surface area contributed by atoms with Crippen molar-refractivity contribution in [3.63, 3.8) is 0 Å². The van der Waals surface area contributed by atoms with Crippen molar-refractivity contribution in [2.75, 3.05) is 0 Å². The van der Waals surface area contributed by atoms with Crippen molar-refractivity contribution in [1.29, 1.82) is 0 Å². The Hall–Kier alpha value is -8.02. The lowest BCUT2D eigenvalue weighted by molar-refractivity contribution is 1.08. The van der Waals surface area contributed by atoms with Gasteiger partial charge in [0, 0.05) is 62.1 Å². The molecule has 12 aromatic rings. The second-order valence-corrected chi connectivity index (χ2v) is 15.1. The van der Waals surface area contributed by atoms with Gasteiger partial charge in [-0.05, 0) is 94.7 Å². The van der Waals surface area contributed by atoms with Crippen molar-refractivity contribution in [1.82, 2.24) is 23.7 Å². The minimum Gasteiger partial charge on any atom is -0.316 e. The van der Waals surface area contributed by atoms with Crippen LogP contribution >= 0.6 is 0 Å². The highest BCUT2D eigenvalue weighted by Crippen LogP contribution is 2.39. The molecule has 59 heavy (non-hydrogen) atoms. The summed E-state index contributed by atoms with van der Waals surface area (Å²) in [6, 6.07) is 71.2. The summed E-state index contributed by atoms with van der Waals surface area (Å²) in [7, 11) is 0. The number of fused-ring (bicyclic) bond motifs is 7. The Kier molecular flexibility index (Phi) is 7.47. The summed E-state index contributed by atoms with van der Waals surface area (Å²) >= 11 is 0. The molecule has 0 amide bonds. The third-order valence-electron chi connectivity index (χ3n) is 11.8. The van der Waals surface area contributed by atoms with Crippen LogP contribution < -0.4 is 0 Å². The van der Waals surface area contributed by atoms with E-state index in [1.54, 1.807) is 0 Å². The van der Waals surface area contributed by atoms with Gasteiger partial charge in [-0.15, -0.1) is 0 Å². The van der Waals surface area contributed by atoms with Crippen molar-refractivity contribution in [2.45, 2.75) is 0 Å². The maximum absolute atomic E-state index is 5.33. The molecule has 0 spiro atoms. The van der Waals surface area contributed by atoms with Crippen LogP contribution in [0.2, 0.25) is 0 Å². The zero-order valence-electron chi connectivity index (χ0n) is 31.9. The maximum Gasteiger partial charge on any atom is 0.162 e. The molecule has 0 aliphatic rings. The van der Waals surface area contributed by atoms with E-state index in [2.05, 4.69) is 220 Å². The number of para-hydroxylation sites is 3. The first-order valence-corrected chi connectivity index (χ1v) is 20.0. The van der Waals surface area contributed by atoms with Crippen LogP contribution in [0.3, 0.4) is 0 Å². The lowest BCUT2D eigenvalue weighted by Crippen LogP contribution is -1.99. The van der Waals surface area contributed by atoms with Crippen molar-refractivity contribution in [3.05, 3.63) is 213 Å². The Balaban J connectivity index is 1.00. The van der Waals surface area contributed by atoms with E-state index in [9.17, 15) is 0 Å². The zero-order valence-corrected chi connectivity index (χ0v) is 31.9. The second-order valence-electron chi connectivity index (χ2n) is 15.1. The SMILES string of the molecule is c1ccc(-n2ccc3c2ccc2c4ccccc4n(-c4ccc(-c5nc(-c6ccc(-c7cccc8ccccc78)cc6)c6ccn(-c7ccccc7)c6n5)cc4)c23)cc1. The normalized spacial score (nSPS) is 11.7. The molecule has 0 bridgehead atoms. The molecule has 8 aromatic carbocycles. The van der Waals surface area contributed by atoms with Gasteiger partial charge in [-0.2, -0.15) is 0 Å². The van der Waals surface area contributed by atoms with Gasteiger partial charge < -0.3 is 13.7 Å². The zero-order chi connectivity index (χ0) is 38.9. The van der Waals surface area contributed by atoms with Crippen LogP contribution in [0.25, 0.3) is 105 Å². The highest BCUT2D eigenvalue weighted by Gasteiger charge is 2.19. The van der Waals surface area contributed by atoms with Gasteiger partial charge >= 0.3 is 0 Å². The molecule has 4 heterocycles. The summed E-state index contributed by atoms with van der Waals surface area (Å²) in [5.74, 6) is 0.678. The number of hydrogen-bond donors (Lipinski definition) is 0. The smallest absolute Gasteiger partial charge is 0.162 e. The molecule has 4 aromatic heterocycles. The van der Waals surface area contributed by atoms with E-state index in [1.807, 2.05) is 6.07 Å². The molecule has 0 saturated heterocycles. The third-order valence-corrected chi connectivity index (χ3v) is 11.8. The first kappa shape index (κ1) is 33.2. The summed E-state index contributed by atoms with van der Waals surface area (Å²) in [5.41, 5.74) is 13.0. The van der Waals surface area contributed by atoms with E-state index >= 15 is 0 Å². The lowest BCUT2D eigenvalue weighted by atomic mass is 9.97. The number of benzene rings is 8. The van der Waals surface area contributed by atoms with Gasteiger partial charge in [0.1, 0.15) is 5.65 Å². The van der Waals surface area contributed by atoms with Gasteiger partial charge in [-0.3, -0.25) is 0 Å². The summed E-state index contributed by atoms with van der Waals surface area (Å²) in [5, 5.41) is 7.15. The first-order valence-electron chi connectivity index (χ1n) is 20.0. The number of hydrogen-bond acceptors (Lipinski definition) is 2. The summed E-state index contributed by atoms with van der Waals surface area (Å²) in [4.78, 5) is 10.6. The molecule has 0 aliphatic heterocycles. The molecule has 0 atom stereocenters. The Labute approximate surface area is 340 Å². The summed E-state index contributed by atoms with van der Waals surface area (Å²) in [6.45, 7) is 0. The number of aromatic nitrogens is 5. The quantitative estimate of drug-likeness (QED) is 0.170. The fraction of sp³-hybridized carbons (Fsp3) is 0. The average molecular weight is 754 g/mol. The fourth-order valence-electron chi connectivity index (χ4n) is 8.96. The van der Waals surface area contributed by atoms with Gasteiger partial charge in [-0.25, -0.2) is 9.97 Å². The molecule has 0 unspecified atom stereocenters. The Morgan fingerprint density at radius 1 is 0.339 bits per heavy atom. The molecule has 0 fully saturated rings. The molecular formula is C54H35N5. The molecule has 276 valence electrons. The monoisotopic (exact) mass is 753 g/mol. The van der Waals surface area contributed by atoms with Crippen LogP contribution in [-0.4, -0.2) is 23.7 Å². The predicted molar refractivity (Wildman–Crippen MR) is 244 cm³/mol. The summed E-state index contributed by atoms with van der Waals surface area (Å²) in [6.07, 6.45) is 4.28. The molecule has 0 radical (unpaired) electrons. The van der Waals surface area contributed by atoms with Crippen molar-refractivity contribution in [2.24, 2.45) is 0 Å². The van der Waals surface area contributed by atoms with Gasteiger partial charge in [0.15, 0.2) is 5.82 Å². The Morgan fingerprint density at radius 2 is 0.966 bits per heavy atom. The second kappa shape index (κ2) is 13.3. The highest BCUT2D eigenvalue weighted by molar-refractivity contribution is 6.18. The van der Waals surface area contributed by atoms with Crippen LogP contribution in [0.5, 0.6) is 0 Å². The minimum atomic E-state index is 0.678. The highest BCUT2D eigenvalue weighted by atomic mass is 15.1. The van der Waals surface area contributed by atoms with E-state index < -0.39 is 0 Å². The van der Waals surface area contributed by atoms with Crippen LogP contribution in [0, 0.1) is 0 Å². The van der Waals surface area contributed by atoms with Crippen LogP contribution in [0.15, 0.2) is 213 Å². The van der Waals surface area contributed by atoms with Crippen LogP contribution in [0.1, 0.15) is 0 Å². The van der Waals surface area contributed by atoms with Crippen LogP contribution in [-0.2, 0) is 0 Å². The van der Waals surface area contributed by atoms with Crippen LogP contribution in [0.4, 0.5) is 0 Å². The number of nitrogens with zero attached hydrogens (tertiary/aromatic N) is 5.